The molecule has 0 amide bonds. The Balaban J connectivity index is 1.76. The zero-order valence-corrected chi connectivity index (χ0v) is 10.1. The van der Waals surface area contributed by atoms with Crippen LogP contribution in [0.3, 0.4) is 0 Å². The van der Waals surface area contributed by atoms with Crippen LogP contribution in [0.4, 0.5) is 5.69 Å². The molecule has 1 aromatic carbocycles. The molecule has 1 fully saturated rings. The molecule has 1 aromatic heterocycles. The van der Waals surface area contributed by atoms with Gasteiger partial charge in [0.1, 0.15) is 0 Å². The normalized spacial score (nSPS) is 22.7. The Kier molecular flexibility index (Phi) is 2.47. The van der Waals surface area contributed by atoms with Crippen molar-refractivity contribution in [2.24, 2.45) is 5.92 Å². The number of imidazole rings is 1. The summed E-state index contributed by atoms with van der Waals surface area (Å²) in [6.07, 6.45) is 3.14. The van der Waals surface area contributed by atoms with Crippen LogP contribution in [0.5, 0.6) is 0 Å². The Morgan fingerprint density at radius 1 is 1.50 bits per heavy atom. The second-order valence-electron chi connectivity index (χ2n) is 4.88. The summed E-state index contributed by atoms with van der Waals surface area (Å²) in [4.78, 5) is 20.2. The van der Waals surface area contributed by atoms with Gasteiger partial charge in [-0.3, -0.25) is 4.79 Å². The molecule has 2 aromatic rings. The first-order chi connectivity index (χ1) is 8.65. The molecule has 3 rings (SSSR count). The van der Waals surface area contributed by atoms with E-state index in [0.717, 1.165) is 29.6 Å². The molecule has 0 aliphatic heterocycles. The first-order valence-electron chi connectivity index (χ1n) is 6.04. The van der Waals surface area contributed by atoms with Gasteiger partial charge in [0.05, 0.1) is 23.3 Å². The van der Waals surface area contributed by atoms with E-state index in [1.54, 1.807) is 6.33 Å². The lowest BCUT2D eigenvalue weighted by Gasteiger charge is -2.40. The van der Waals surface area contributed by atoms with Crippen molar-refractivity contribution in [1.82, 2.24) is 9.97 Å². The standard InChI is InChI=1S/C13H15N3O2/c1-16(10-4-8(5-10)13(17)18)9-2-3-11-12(6-9)15-7-14-11/h2-3,6-8,10H,4-5H2,1H3,(H,14,15)(H,17,18). The first kappa shape index (κ1) is 11.1. The second-order valence-corrected chi connectivity index (χ2v) is 4.88. The summed E-state index contributed by atoms with van der Waals surface area (Å²) >= 11 is 0. The molecule has 18 heavy (non-hydrogen) atoms. The molecule has 0 spiro atoms. The highest BCUT2D eigenvalue weighted by Gasteiger charge is 2.36. The van der Waals surface area contributed by atoms with E-state index in [9.17, 15) is 4.79 Å². The number of anilines is 1. The zero-order valence-electron chi connectivity index (χ0n) is 10.1. The van der Waals surface area contributed by atoms with Crippen LogP contribution in [0.2, 0.25) is 0 Å². The number of fused-ring (bicyclic) bond motifs is 1. The van der Waals surface area contributed by atoms with Gasteiger partial charge >= 0.3 is 5.97 Å². The van der Waals surface area contributed by atoms with E-state index >= 15 is 0 Å². The molecule has 0 atom stereocenters. The molecule has 0 saturated heterocycles. The molecule has 94 valence electrons. The summed E-state index contributed by atoms with van der Waals surface area (Å²) in [7, 11) is 2.01. The maximum atomic E-state index is 10.8. The Morgan fingerprint density at radius 2 is 2.28 bits per heavy atom. The van der Waals surface area contributed by atoms with E-state index in [2.05, 4.69) is 20.9 Å². The number of H-pyrrole nitrogens is 1. The van der Waals surface area contributed by atoms with Crippen molar-refractivity contribution in [2.45, 2.75) is 18.9 Å². The number of benzene rings is 1. The number of hydrogen-bond donors (Lipinski definition) is 2. The van der Waals surface area contributed by atoms with Crippen LogP contribution >= 0.6 is 0 Å². The number of nitrogens with one attached hydrogen (secondary N) is 1. The molecule has 2 N–H and O–H groups in total. The van der Waals surface area contributed by atoms with E-state index < -0.39 is 5.97 Å². The predicted molar refractivity (Wildman–Crippen MR) is 68.6 cm³/mol. The maximum Gasteiger partial charge on any atom is 0.306 e. The number of aliphatic carboxylic acids is 1. The number of aromatic amines is 1. The average molecular weight is 245 g/mol. The summed E-state index contributed by atoms with van der Waals surface area (Å²) in [5, 5.41) is 8.89. The Labute approximate surface area is 104 Å². The summed E-state index contributed by atoms with van der Waals surface area (Å²) in [5.74, 6) is -0.850. The van der Waals surface area contributed by atoms with E-state index in [0.29, 0.717) is 6.04 Å². The van der Waals surface area contributed by atoms with Crippen LogP contribution in [0.15, 0.2) is 24.5 Å². The largest absolute Gasteiger partial charge is 0.481 e. The molecule has 0 radical (unpaired) electrons. The molecular formula is C13H15N3O2. The van der Waals surface area contributed by atoms with Crippen molar-refractivity contribution in [3.05, 3.63) is 24.5 Å². The van der Waals surface area contributed by atoms with Crippen LogP contribution in [0.1, 0.15) is 12.8 Å². The van der Waals surface area contributed by atoms with Crippen LogP contribution in [-0.4, -0.2) is 34.1 Å². The van der Waals surface area contributed by atoms with Gasteiger partial charge in [0.15, 0.2) is 0 Å². The fourth-order valence-electron chi connectivity index (χ4n) is 2.46. The third kappa shape index (κ3) is 1.72. The van der Waals surface area contributed by atoms with Gasteiger partial charge < -0.3 is 15.0 Å². The summed E-state index contributed by atoms with van der Waals surface area (Å²) in [5.41, 5.74) is 3.05. The van der Waals surface area contributed by atoms with Crippen molar-refractivity contribution in [3.8, 4) is 0 Å². The van der Waals surface area contributed by atoms with Crippen LogP contribution in [0.25, 0.3) is 11.0 Å². The third-order valence-corrected chi connectivity index (χ3v) is 3.82. The lowest BCUT2D eigenvalue weighted by molar-refractivity contribution is -0.145. The monoisotopic (exact) mass is 245 g/mol. The molecule has 1 heterocycles. The molecule has 5 nitrogen and oxygen atoms in total. The molecule has 1 saturated carbocycles. The van der Waals surface area contributed by atoms with Gasteiger partial charge in [-0.25, -0.2) is 4.98 Å². The number of hydrogen-bond acceptors (Lipinski definition) is 3. The minimum Gasteiger partial charge on any atom is -0.481 e. The van der Waals surface area contributed by atoms with Gasteiger partial charge in [-0.05, 0) is 31.0 Å². The van der Waals surface area contributed by atoms with E-state index in [1.165, 1.54) is 0 Å². The fraction of sp³-hybridized carbons (Fsp3) is 0.385. The highest BCUT2D eigenvalue weighted by atomic mass is 16.4. The van der Waals surface area contributed by atoms with Crippen LogP contribution < -0.4 is 4.90 Å². The van der Waals surface area contributed by atoms with Gasteiger partial charge in [0.2, 0.25) is 0 Å². The van der Waals surface area contributed by atoms with Gasteiger partial charge in [-0.2, -0.15) is 0 Å². The molecule has 5 heteroatoms. The number of rotatable bonds is 3. The average Bonchev–Trinajstić information content (AvgIpc) is 2.72. The maximum absolute atomic E-state index is 10.8. The summed E-state index contributed by atoms with van der Waals surface area (Å²) in [6.45, 7) is 0. The fourth-order valence-corrected chi connectivity index (χ4v) is 2.46. The number of aromatic nitrogens is 2. The first-order valence-corrected chi connectivity index (χ1v) is 6.04. The quantitative estimate of drug-likeness (QED) is 0.866. The lowest BCUT2D eigenvalue weighted by atomic mass is 9.79. The molecule has 0 bridgehead atoms. The SMILES string of the molecule is CN(c1ccc2nc[nH]c2c1)C1CC(C(=O)O)C1. The minimum absolute atomic E-state index is 0.173. The highest BCUT2D eigenvalue weighted by molar-refractivity contribution is 5.79. The lowest BCUT2D eigenvalue weighted by Crippen LogP contribution is -2.45. The molecular weight excluding hydrogens is 230 g/mol. The number of carbonyl (C=O) groups is 1. The molecule has 1 aliphatic carbocycles. The topological polar surface area (TPSA) is 69.2 Å². The Morgan fingerprint density at radius 3 is 3.00 bits per heavy atom. The Hall–Kier alpha value is -2.04. The van der Waals surface area contributed by atoms with Gasteiger partial charge in [0, 0.05) is 18.8 Å². The zero-order chi connectivity index (χ0) is 12.7. The van der Waals surface area contributed by atoms with Gasteiger partial charge in [-0.15, -0.1) is 0 Å². The summed E-state index contributed by atoms with van der Waals surface area (Å²) in [6, 6.07) is 6.38. The van der Waals surface area contributed by atoms with Gasteiger partial charge in [0.25, 0.3) is 0 Å². The number of carboxylic acids is 1. The minimum atomic E-state index is -0.677. The van der Waals surface area contributed by atoms with Crippen molar-refractivity contribution in [3.63, 3.8) is 0 Å². The van der Waals surface area contributed by atoms with E-state index in [4.69, 9.17) is 5.11 Å². The third-order valence-electron chi connectivity index (χ3n) is 3.82. The number of carboxylic acid groups (broad SMARTS) is 1. The van der Waals surface area contributed by atoms with Crippen molar-refractivity contribution >= 4 is 22.7 Å². The van der Waals surface area contributed by atoms with Crippen LogP contribution in [-0.2, 0) is 4.79 Å². The molecule has 1 aliphatic rings. The van der Waals surface area contributed by atoms with E-state index in [-0.39, 0.29) is 5.92 Å². The van der Waals surface area contributed by atoms with Crippen molar-refractivity contribution in [2.75, 3.05) is 11.9 Å². The summed E-state index contributed by atoms with van der Waals surface area (Å²) < 4.78 is 0. The number of nitrogens with zero attached hydrogens (tertiary/aromatic N) is 2. The van der Waals surface area contributed by atoms with Crippen LogP contribution in [0, 0.1) is 5.92 Å². The van der Waals surface area contributed by atoms with Crippen molar-refractivity contribution in [1.29, 1.82) is 0 Å². The highest BCUT2D eigenvalue weighted by Crippen LogP contribution is 2.34. The molecule has 0 unspecified atom stereocenters. The van der Waals surface area contributed by atoms with Crippen molar-refractivity contribution < 1.29 is 9.90 Å². The van der Waals surface area contributed by atoms with Gasteiger partial charge in [-0.1, -0.05) is 0 Å². The second kappa shape index (κ2) is 4.01. The smallest absolute Gasteiger partial charge is 0.306 e. The van der Waals surface area contributed by atoms with E-state index in [1.807, 2.05) is 19.2 Å². The Bertz CT molecular complexity index is 587. The predicted octanol–water partition coefficient (Wildman–Crippen LogP) is 1.86.